The molecule has 0 spiro atoms. The van der Waals surface area contributed by atoms with Crippen molar-refractivity contribution in [1.82, 2.24) is 4.98 Å². The molecule has 0 amide bonds. The largest absolute Gasteiger partial charge is 0.311 e. The summed E-state index contributed by atoms with van der Waals surface area (Å²) in [6.07, 6.45) is 3.72. The number of pyridine rings is 1. The van der Waals surface area contributed by atoms with Crippen LogP contribution in [0, 0.1) is 0 Å². The maximum Gasteiger partial charge on any atom is 0.0720 e. The molecule has 1 aromatic heterocycles. The third-order valence-corrected chi connectivity index (χ3v) is 5.71. The summed E-state index contributed by atoms with van der Waals surface area (Å²) in [6.45, 7) is 0.586. The van der Waals surface area contributed by atoms with Gasteiger partial charge in [0, 0.05) is 39.9 Å². The van der Waals surface area contributed by atoms with Gasteiger partial charge in [0.05, 0.1) is 12.1 Å². The van der Waals surface area contributed by atoms with E-state index in [-0.39, 0.29) is 0 Å². The minimum atomic E-state index is 0.586. The Morgan fingerprint density at radius 1 is 0.727 bits per heavy atom. The molecule has 0 unspecified atom stereocenters. The maximum atomic E-state index is 6.10. The highest BCUT2D eigenvalue weighted by atomic mass is 35.5. The van der Waals surface area contributed by atoms with Gasteiger partial charge >= 0.3 is 0 Å². The molecule has 0 aliphatic heterocycles. The van der Waals surface area contributed by atoms with Gasteiger partial charge in [-0.05, 0) is 65.7 Å². The normalized spacial score (nSPS) is 11.2. The molecule has 5 rings (SSSR count). The lowest BCUT2D eigenvalue weighted by Gasteiger charge is -2.25. The molecule has 0 atom stereocenters. The van der Waals surface area contributed by atoms with Crippen LogP contribution in [0.3, 0.4) is 0 Å². The van der Waals surface area contributed by atoms with Crippen molar-refractivity contribution in [3.05, 3.63) is 132 Å². The zero-order valence-corrected chi connectivity index (χ0v) is 18.7. The van der Waals surface area contributed by atoms with Crippen molar-refractivity contribution >= 4 is 45.8 Å². The molecule has 0 aliphatic carbocycles. The first-order valence-electron chi connectivity index (χ1n) is 10.8. The van der Waals surface area contributed by atoms with Crippen LogP contribution in [0.4, 0.5) is 17.1 Å². The molecule has 0 bridgehead atoms. The standard InChI is InChI=1S/C29H22ClN3/c30-24-13-16-28-23(17-18-32-29(28)19-24)21-31-20-22-11-14-27(15-12-22)33(25-7-3-1-4-8-25)26-9-5-2-6-10-26/h1-20H,21H2. The quantitative estimate of drug-likeness (QED) is 0.247. The number of aromatic nitrogens is 1. The monoisotopic (exact) mass is 447 g/mol. The number of hydrogen-bond donors (Lipinski definition) is 0. The van der Waals surface area contributed by atoms with E-state index >= 15 is 0 Å². The van der Waals surface area contributed by atoms with Crippen molar-refractivity contribution in [3.63, 3.8) is 0 Å². The Morgan fingerprint density at radius 3 is 2.03 bits per heavy atom. The summed E-state index contributed by atoms with van der Waals surface area (Å²) in [6, 6.07) is 37.0. The summed E-state index contributed by atoms with van der Waals surface area (Å²) < 4.78 is 0. The van der Waals surface area contributed by atoms with Gasteiger partial charge in [0.1, 0.15) is 0 Å². The van der Waals surface area contributed by atoms with Gasteiger partial charge in [-0.15, -0.1) is 0 Å². The second-order valence-electron chi connectivity index (χ2n) is 7.70. The summed E-state index contributed by atoms with van der Waals surface area (Å²) in [4.78, 5) is 11.3. The van der Waals surface area contributed by atoms with E-state index in [1.807, 2.05) is 42.6 Å². The van der Waals surface area contributed by atoms with Crippen LogP contribution in [0.5, 0.6) is 0 Å². The van der Waals surface area contributed by atoms with Crippen LogP contribution in [0.25, 0.3) is 10.9 Å². The number of hydrogen-bond acceptors (Lipinski definition) is 3. The van der Waals surface area contributed by atoms with Crippen molar-refractivity contribution in [2.45, 2.75) is 6.54 Å². The Labute approximate surface area is 198 Å². The van der Waals surface area contributed by atoms with Gasteiger partial charge in [-0.3, -0.25) is 9.98 Å². The Bertz CT molecular complexity index is 1340. The van der Waals surface area contributed by atoms with Gasteiger partial charge in [-0.2, -0.15) is 0 Å². The summed E-state index contributed by atoms with van der Waals surface area (Å²) in [7, 11) is 0. The van der Waals surface area contributed by atoms with Crippen molar-refractivity contribution in [2.24, 2.45) is 4.99 Å². The highest BCUT2D eigenvalue weighted by molar-refractivity contribution is 6.31. The molecule has 1 heterocycles. The molecule has 0 radical (unpaired) electrons. The zero-order valence-electron chi connectivity index (χ0n) is 18.0. The van der Waals surface area contributed by atoms with Crippen LogP contribution in [-0.4, -0.2) is 11.2 Å². The molecule has 33 heavy (non-hydrogen) atoms. The van der Waals surface area contributed by atoms with E-state index in [1.165, 1.54) is 0 Å². The molecule has 160 valence electrons. The molecule has 5 aromatic rings. The number of rotatable bonds is 6. The number of halogens is 1. The van der Waals surface area contributed by atoms with Crippen LogP contribution in [0.2, 0.25) is 5.02 Å². The summed E-state index contributed by atoms with van der Waals surface area (Å²) in [5.41, 5.74) is 6.41. The molecule has 0 saturated carbocycles. The van der Waals surface area contributed by atoms with Crippen molar-refractivity contribution < 1.29 is 0 Å². The molecule has 0 aliphatic rings. The van der Waals surface area contributed by atoms with E-state index in [2.05, 4.69) is 87.7 Å². The topological polar surface area (TPSA) is 28.5 Å². The first-order chi connectivity index (χ1) is 16.3. The molecular weight excluding hydrogens is 426 g/mol. The van der Waals surface area contributed by atoms with Crippen molar-refractivity contribution in [1.29, 1.82) is 0 Å². The Hall–Kier alpha value is -3.95. The van der Waals surface area contributed by atoms with Crippen molar-refractivity contribution in [2.75, 3.05) is 4.90 Å². The summed E-state index contributed by atoms with van der Waals surface area (Å²) >= 11 is 6.10. The van der Waals surface area contributed by atoms with Gasteiger partial charge < -0.3 is 4.90 Å². The van der Waals surface area contributed by atoms with Gasteiger partial charge in [-0.25, -0.2) is 0 Å². The molecule has 3 nitrogen and oxygen atoms in total. The minimum absolute atomic E-state index is 0.586. The highest BCUT2D eigenvalue weighted by Crippen LogP contribution is 2.33. The van der Waals surface area contributed by atoms with E-state index in [0.717, 1.165) is 39.1 Å². The summed E-state index contributed by atoms with van der Waals surface area (Å²) in [5, 5.41) is 1.77. The number of nitrogens with zero attached hydrogens (tertiary/aromatic N) is 3. The molecule has 0 fully saturated rings. The molecule has 0 saturated heterocycles. The lowest BCUT2D eigenvalue weighted by atomic mass is 10.1. The predicted octanol–water partition coefficient (Wildman–Crippen LogP) is 7.98. The molecule has 0 N–H and O–H groups in total. The van der Waals surface area contributed by atoms with E-state index in [1.54, 1.807) is 6.20 Å². The number of benzene rings is 4. The van der Waals surface area contributed by atoms with E-state index < -0.39 is 0 Å². The second-order valence-corrected chi connectivity index (χ2v) is 8.14. The first-order valence-corrected chi connectivity index (χ1v) is 11.2. The number of aliphatic imine (C=N–C) groups is 1. The van der Waals surface area contributed by atoms with Crippen molar-refractivity contribution in [3.8, 4) is 0 Å². The number of fused-ring (bicyclic) bond motifs is 1. The van der Waals surface area contributed by atoms with Crippen LogP contribution in [0.1, 0.15) is 11.1 Å². The average molecular weight is 448 g/mol. The highest BCUT2D eigenvalue weighted by Gasteiger charge is 2.11. The predicted molar refractivity (Wildman–Crippen MR) is 139 cm³/mol. The Kier molecular flexibility index (Phi) is 6.14. The van der Waals surface area contributed by atoms with Gasteiger partial charge in [0.25, 0.3) is 0 Å². The van der Waals surface area contributed by atoms with Crippen LogP contribution >= 0.6 is 11.6 Å². The van der Waals surface area contributed by atoms with Crippen LogP contribution in [-0.2, 0) is 6.54 Å². The van der Waals surface area contributed by atoms with E-state index in [0.29, 0.717) is 11.6 Å². The Morgan fingerprint density at radius 2 is 1.36 bits per heavy atom. The maximum absolute atomic E-state index is 6.10. The van der Waals surface area contributed by atoms with Gasteiger partial charge in [-0.1, -0.05) is 66.2 Å². The molecular formula is C29H22ClN3. The van der Waals surface area contributed by atoms with Crippen LogP contribution < -0.4 is 4.90 Å². The zero-order chi connectivity index (χ0) is 22.5. The average Bonchev–Trinajstić information content (AvgIpc) is 2.86. The van der Waals surface area contributed by atoms with E-state index in [9.17, 15) is 0 Å². The first kappa shape index (κ1) is 20.9. The minimum Gasteiger partial charge on any atom is -0.311 e. The molecule has 4 aromatic carbocycles. The SMILES string of the molecule is Clc1ccc2c(CN=Cc3ccc(N(c4ccccc4)c4ccccc4)cc3)ccnc2c1. The third kappa shape index (κ3) is 4.79. The Balaban J connectivity index is 1.37. The fourth-order valence-electron chi connectivity index (χ4n) is 3.88. The third-order valence-electron chi connectivity index (χ3n) is 5.48. The fourth-order valence-corrected chi connectivity index (χ4v) is 4.04. The fraction of sp³-hybridized carbons (Fsp3) is 0.0345. The lowest BCUT2D eigenvalue weighted by Crippen LogP contribution is -2.09. The van der Waals surface area contributed by atoms with Gasteiger partial charge in [0.15, 0.2) is 0 Å². The summed E-state index contributed by atoms with van der Waals surface area (Å²) in [5.74, 6) is 0. The van der Waals surface area contributed by atoms with E-state index in [4.69, 9.17) is 11.6 Å². The number of anilines is 3. The second kappa shape index (κ2) is 9.68. The smallest absolute Gasteiger partial charge is 0.0720 e. The van der Waals surface area contributed by atoms with Crippen LogP contribution in [0.15, 0.2) is 120 Å². The lowest BCUT2D eigenvalue weighted by molar-refractivity contribution is 1.08. The number of para-hydroxylation sites is 2. The molecule has 4 heteroatoms. The van der Waals surface area contributed by atoms with Gasteiger partial charge in [0.2, 0.25) is 0 Å².